The molecular weight excluding hydrogens is 468 g/mol. The Balaban J connectivity index is 1.56. The third kappa shape index (κ3) is 4.76. The summed E-state index contributed by atoms with van der Waals surface area (Å²) in [4.78, 5) is 41.8. The molecule has 4 rings (SSSR count). The molecule has 0 spiro atoms. The first kappa shape index (κ1) is 25.2. The van der Waals surface area contributed by atoms with Gasteiger partial charge in [0, 0.05) is 12.5 Å². The molecule has 0 aromatic heterocycles. The first-order valence-electron chi connectivity index (χ1n) is 11.5. The Morgan fingerprint density at radius 2 is 1.72 bits per heavy atom. The summed E-state index contributed by atoms with van der Waals surface area (Å²) in [6, 6.07) is 12.8. The molecule has 1 unspecified atom stereocenters. The molecule has 10 heteroatoms. The number of hydrogen-bond donors (Lipinski definition) is 1. The lowest BCUT2D eigenvalue weighted by Gasteiger charge is -2.34. The molecule has 0 radical (unpaired) electrons. The van der Waals surface area contributed by atoms with Gasteiger partial charge in [0.2, 0.25) is 0 Å². The van der Waals surface area contributed by atoms with Crippen molar-refractivity contribution in [3.05, 3.63) is 59.7 Å². The molecule has 2 aromatic rings. The highest BCUT2D eigenvalue weighted by molar-refractivity contribution is 5.92. The highest BCUT2D eigenvalue weighted by Crippen LogP contribution is 2.44. The molecule has 2 aliphatic rings. The van der Waals surface area contributed by atoms with E-state index in [-0.39, 0.29) is 19.1 Å². The Kier molecular flexibility index (Phi) is 6.98. The van der Waals surface area contributed by atoms with Gasteiger partial charge in [-0.1, -0.05) is 48.5 Å². The Labute approximate surface area is 208 Å². The topological polar surface area (TPSA) is 138 Å². The Hall–Kier alpha value is -3.92. The van der Waals surface area contributed by atoms with Crippen molar-refractivity contribution in [1.82, 2.24) is 4.90 Å². The lowest BCUT2D eigenvalue weighted by molar-refractivity contribution is -0.251. The molecule has 10 nitrogen and oxygen atoms in total. The van der Waals surface area contributed by atoms with Gasteiger partial charge in [-0.15, -0.1) is 0 Å². The van der Waals surface area contributed by atoms with E-state index in [0.717, 1.165) is 34.3 Å². The van der Waals surface area contributed by atoms with E-state index in [1.165, 1.54) is 13.8 Å². The molecule has 1 aliphatic heterocycles. The predicted octanol–water partition coefficient (Wildman–Crippen LogP) is 1.51. The van der Waals surface area contributed by atoms with E-state index in [1.54, 1.807) is 0 Å². The molecule has 1 saturated heterocycles. The van der Waals surface area contributed by atoms with E-state index in [9.17, 15) is 24.6 Å². The summed E-state index contributed by atoms with van der Waals surface area (Å²) in [6.07, 6.45) is -1.60. The van der Waals surface area contributed by atoms with Crippen LogP contribution in [-0.2, 0) is 28.6 Å². The first-order valence-corrected chi connectivity index (χ1v) is 11.5. The van der Waals surface area contributed by atoms with E-state index < -0.39 is 48.2 Å². The number of aliphatic carboxylic acids is 1. The molecule has 2 aromatic carbocycles. The summed E-state index contributed by atoms with van der Waals surface area (Å²) < 4.78 is 15.6. The van der Waals surface area contributed by atoms with Gasteiger partial charge in [-0.2, -0.15) is 0 Å². The van der Waals surface area contributed by atoms with Crippen LogP contribution in [0.15, 0.2) is 53.5 Å². The van der Waals surface area contributed by atoms with E-state index in [2.05, 4.69) is 9.73 Å². The maximum absolute atomic E-state index is 13.3. The van der Waals surface area contributed by atoms with Gasteiger partial charge in [0.1, 0.15) is 17.9 Å². The number of carboxylic acid groups (broad SMARTS) is 1. The first-order chi connectivity index (χ1) is 17.1. The SMILES string of the molecule is COC(=O)C[C@@H](N=C([O-])OCC1c2ccccc2-c2ccccc21)C(=O)N1C(C(=O)O)COC1(C)C. The monoisotopic (exact) mass is 495 g/mol. The van der Waals surface area contributed by atoms with Crippen molar-refractivity contribution in [3.8, 4) is 11.1 Å². The van der Waals surface area contributed by atoms with Crippen LogP contribution in [0.3, 0.4) is 0 Å². The van der Waals surface area contributed by atoms with Crippen LogP contribution in [0.1, 0.15) is 37.3 Å². The lowest BCUT2D eigenvalue weighted by atomic mass is 9.98. The fraction of sp³-hybridized carbons (Fsp3) is 0.385. The summed E-state index contributed by atoms with van der Waals surface area (Å²) in [6.45, 7) is 2.79. The smallest absolute Gasteiger partial charge is 0.328 e. The molecule has 1 aliphatic carbocycles. The Bertz CT molecular complexity index is 1160. The zero-order valence-electron chi connectivity index (χ0n) is 20.2. The minimum absolute atomic E-state index is 0.0223. The summed E-state index contributed by atoms with van der Waals surface area (Å²) in [7, 11) is 1.14. The van der Waals surface area contributed by atoms with E-state index in [4.69, 9.17) is 9.47 Å². The highest BCUT2D eigenvalue weighted by Gasteiger charge is 2.49. The van der Waals surface area contributed by atoms with Crippen molar-refractivity contribution in [2.45, 2.75) is 44.0 Å². The average Bonchev–Trinajstić information content (AvgIpc) is 3.35. The van der Waals surface area contributed by atoms with Crippen LogP contribution in [0.25, 0.3) is 11.1 Å². The number of benzene rings is 2. The largest absolute Gasteiger partial charge is 0.599 e. The van der Waals surface area contributed by atoms with Gasteiger partial charge in [0.25, 0.3) is 5.91 Å². The number of carbonyl (C=O) groups is 3. The fourth-order valence-electron chi connectivity index (χ4n) is 4.75. The molecule has 190 valence electrons. The number of aliphatic imine (C=N–C) groups is 1. The number of hydrogen-bond acceptors (Lipinski definition) is 8. The van der Waals surface area contributed by atoms with Gasteiger partial charge in [0.05, 0.1) is 20.1 Å². The van der Waals surface area contributed by atoms with Gasteiger partial charge >= 0.3 is 11.9 Å². The maximum Gasteiger partial charge on any atom is 0.328 e. The van der Waals surface area contributed by atoms with E-state index >= 15 is 0 Å². The molecule has 1 amide bonds. The van der Waals surface area contributed by atoms with Crippen molar-refractivity contribution in [2.75, 3.05) is 20.3 Å². The molecule has 1 N–H and O–H groups in total. The number of methoxy groups -OCH3 is 1. The second kappa shape index (κ2) is 9.98. The van der Waals surface area contributed by atoms with Crippen molar-refractivity contribution < 1.29 is 38.8 Å². The van der Waals surface area contributed by atoms with Crippen molar-refractivity contribution in [2.24, 2.45) is 4.99 Å². The number of rotatable bonds is 7. The zero-order chi connectivity index (χ0) is 26.0. The number of amides is 1. The van der Waals surface area contributed by atoms with Gasteiger partial charge in [-0.05, 0) is 36.1 Å². The van der Waals surface area contributed by atoms with Crippen molar-refractivity contribution >= 4 is 23.9 Å². The Morgan fingerprint density at radius 3 is 2.28 bits per heavy atom. The van der Waals surface area contributed by atoms with Gasteiger partial charge in [0.15, 0.2) is 6.04 Å². The van der Waals surface area contributed by atoms with Crippen molar-refractivity contribution in [3.63, 3.8) is 0 Å². The van der Waals surface area contributed by atoms with E-state index in [1.807, 2.05) is 48.5 Å². The number of nitrogens with zero attached hydrogens (tertiary/aromatic N) is 2. The maximum atomic E-state index is 13.3. The molecule has 0 saturated carbocycles. The van der Waals surface area contributed by atoms with Gasteiger partial charge in [-0.3, -0.25) is 19.5 Å². The normalized spacial score (nSPS) is 19.4. The summed E-state index contributed by atoms with van der Waals surface area (Å²) >= 11 is 0. The third-order valence-electron chi connectivity index (χ3n) is 6.48. The predicted molar refractivity (Wildman–Crippen MR) is 126 cm³/mol. The number of esters is 1. The van der Waals surface area contributed by atoms with Crippen LogP contribution in [0, 0.1) is 0 Å². The minimum Gasteiger partial charge on any atom is -0.599 e. The number of carbonyl (C=O) groups excluding carboxylic acids is 2. The molecular formula is C26H27N2O8-. The van der Waals surface area contributed by atoms with Crippen LogP contribution >= 0.6 is 0 Å². The second-order valence-electron chi connectivity index (χ2n) is 9.05. The third-order valence-corrected chi connectivity index (χ3v) is 6.48. The molecule has 2 atom stereocenters. The van der Waals surface area contributed by atoms with Crippen molar-refractivity contribution in [1.29, 1.82) is 0 Å². The zero-order valence-corrected chi connectivity index (χ0v) is 20.2. The molecule has 36 heavy (non-hydrogen) atoms. The van der Waals surface area contributed by atoms with Crippen LogP contribution in [0.4, 0.5) is 0 Å². The quantitative estimate of drug-likeness (QED) is 0.347. The van der Waals surface area contributed by atoms with Gasteiger partial charge in [-0.25, -0.2) is 4.79 Å². The van der Waals surface area contributed by atoms with Crippen LogP contribution in [0.5, 0.6) is 0 Å². The lowest BCUT2D eigenvalue weighted by Crippen LogP contribution is -2.54. The van der Waals surface area contributed by atoms with E-state index in [0.29, 0.717) is 0 Å². The summed E-state index contributed by atoms with van der Waals surface area (Å²) in [5.41, 5.74) is 2.86. The van der Waals surface area contributed by atoms with Crippen LogP contribution in [-0.4, -0.2) is 72.1 Å². The molecule has 1 fully saturated rings. The fourth-order valence-corrected chi connectivity index (χ4v) is 4.75. The number of carboxylic acids is 1. The average molecular weight is 496 g/mol. The van der Waals surface area contributed by atoms with Crippen LogP contribution < -0.4 is 5.11 Å². The standard InChI is InChI=1S/C26H28N2O8/c1-26(2)28(21(14-36-26)24(31)32)23(30)20(12-22(29)34-3)27-25(33)35-13-19-17-10-6-4-8-15(17)16-9-5-7-11-18(16)19/h4-11,19-21H,12-14H2,1-3H3,(H,27,33)(H,31,32)/p-1/t20-,21?/m1/s1. The summed E-state index contributed by atoms with van der Waals surface area (Å²) in [5, 5.41) is 22.3. The molecule has 0 bridgehead atoms. The van der Waals surface area contributed by atoms with Crippen LogP contribution in [0.2, 0.25) is 0 Å². The minimum atomic E-state index is -1.53. The second-order valence-corrected chi connectivity index (χ2v) is 9.05. The Morgan fingerprint density at radius 1 is 1.14 bits per heavy atom. The number of ether oxygens (including phenoxy) is 3. The molecule has 1 heterocycles. The number of fused-ring (bicyclic) bond motifs is 3. The van der Waals surface area contributed by atoms with Gasteiger partial charge < -0.3 is 24.4 Å². The highest BCUT2D eigenvalue weighted by atomic mass is 16.6. The summed E-state index contributed by atoms with van der Waals surface area (Å²) in [5.74, 6) is -3.11.